The Morgan fingerprint density at radius 2 is 1.82 bits per heavy atom. The maximum absolute atomic E-state index is 14.1. The predicted molar refractivity (Wildman–Crippen MR) is 149 cm³/mol. The SMILES string of the molecule is COc1ccc([C@H](C(=O)NCCC(C)C)N(Cc2ccc3c(c2)OCO3)C(=O)Cn2nnc3ccccc32)cc1. The van der Waals surface area contributed by atoms with Crippen LogP contribution in [0.25, 0.3) is 11.0 Å². The molecule has 2 amide bonds. The van der Waals surface area contributed by atoms with Gasteiger partial charge in [-0.25, -0.2) is 4.68 Å². The lowest BCUT2D eigenvalue weighted by Crippen LogP contribution is -2.45. The molecule has 1 aliphatic rings. The van der Waals surface area contributed by atoms with Crippen LogP contribution in [0.1, 0.15) is 37.4 Å². The quantitative estimate of drug-likeness (QED) is 0.303. The highest BCUT2D eigenvalue weighted by Crippen LogP contribution is 2.34. The Kier molecular flexibility index (Phi) is 8.14. The molecular weight excluding hydrogens is 510 g/mol. The Balaban J connectivity index is 1.52. The molecule has 1 aromatic heterocycles. The van der Waals surface area contributed by atoms with Gasteiger partial charge in [0.2, 0.25) is 18.6 Å². The fourth-order valence-electron chi connectivity index (χ4n) is 4.65. The summed E-state index contributed by atoms with van der Waals surface area (Å²) in [6.07, 6.45) is 0.822. The molecule has 2 heterocycles. The van der Waals surface area contributed by atoms with Gasteiger partial charge in [-0.15, -0.1) is 5.10 Å². The van der Waals surface area contributed by atoms with Gasteiger partial charge in [0, 0.05) is 13.1 Å². The third-order valence-electron chi connectivity index (χ3n) is 6.83. The van der Waals surface area contributed by atoms with Crippen molar-refractivity contribution in [3.63, 3.8) is 0 Å². The van der Waals surface area contributed by atoms with E-state index in [1.165, 1.54) is 0 Å². The smallest absolute Gasteiger partial charge is 0.247 e. The van der Waals surface area contributed by atoms with Crippen molar-refractivity contribution in [3.05, 3.63) is 77.9 Å². The lowest BCUT2D eigenvalue weighted by Gasteiger charge is -2.32. The van der Waals surface area contributed by atoms with Crippen LogP contribution in [0.5, 0.6) is 17.2 Å². The first-order valence-corrected chi connectivity index (χ1v) is 13.3. The summed E-state index contributed by atoms with van der Waals surface area (Å²) in [5, 5.41) is 11.4. The van der Waals surface area contributed by atoms with Crippen LogP contribution in [-0.2, 0) is 22.7 Å². The Hall–Kier alpha value is -4.60. The molecule has 0 unspecified atom stereocenters. The number of rotatable bonds is 11. The molecule has 0 saturated heterocycles. The molecule has 0 bridgehead atoms. The van der Waals surface area contributed by atoms with Crippen LogP contribution in [0.3, 0.4) is 0 Å². The Labute approximate surface area is 232 Å². The van der Waals surface area contributed by atoms with Crippen LogP contribution in [-0.4, -0.2) is 52.2 Å². The van der Waals surface area contributed by atoms with Crippen molar-refractivity contribution in [2.75, 3.05) is 20.4 Å². The van der Waals surface area contributed by atoms with Gasteiger partial charge in [0.1, 0.15) is 23.9 Å². The van der Waals surface area contributed by atoms with Crippen LogP contribution < -0.4 is 19.5 Å². The molecule has 0 aliphatic carbocycles. The maximum atomic E-state index is 14.1. The highest BCUT2D eigenvalue weighted by Gasteiger charge is 2.32. The molecule has 0 spiro atoms. The minimum atomic E-state index is -0.897. The van der Waals surface area contributed by atoms with Gasteiger partial charge in [-0.05, 0) is 59.9 Å². The number of nitrogens with one attached hydrogen (secondary N) is 1. The summed E-state index contributed by atoms with van der Waals surface area (Å²) in [6, 6.07) is 19.3. The third kappa shape index (κ3) is 6.01. The van der Waals surface area contributed by atoms with E-state index in [2.05, 4.69) is 29.5 Å². The number of nitrogens with zero attached hydrogens (tertiary/aromatic N) is 4. The topological polar surface area (TPSA) is 108 Å². The number of amides is 2. The molecule has 3 aromatic carbocycles. The summed E-state index contributed by atoms with van der Waals surface area (Å²) in [5.74, 6) is 1.79. The highest BCUT2D eigenvalue weighted by molar-refractivity contribution is 5.89. The average Bonchev–Trinajstić information content (AvgIpc) is 3.59. The minimum absolute atomic E-state index is 0.0863. The van der Waals surface area contributed by atoms with Crippen molar-refractivity contribution < 1.29 is 23.8 Å². The molecule has 10 heteroatoms. The van der Waals surface area contributed by atoms with E-state index in [9.17, 15) is 9.59 Å². The molecule has 4 aromatic rings. The molecule has 0 fully saturated rings. The van der Waals surface area contributed by atoms with Gasteiger partial charge in [-0.2, -0.15) is 0 Å². The van der Waals surface area contributed by atoms with Crippen molar-refractivity contribution >= 4 is 22.8 Å². The van der Waals surface area contributed by atoms with Crippen LogP contribution in [0.15, 0.2) is 66.7 Å². The van der Waals surface area contributed by atoms with Gasteiger partial charge < -0.3 is 24.4 Å². The average molecular weight is 544 g/mol. The summed E-state index contributed by atoms with van der Waals surface area (Å²) < 4.78 is 17.9. The second-order valence-electron chi connectivity index (χ2n) is 10.1. The van der Waals surface area contributed by atoms with Crippen molar-refractivity contribution in [1.29, 1.82) is 0 Å². The number of methoxy groups -OCH3 is 1. The molecule has 1 atom stereocenters. The molecule has 0 radical (unpaired) electrons. The second-order valence-corrected chi connectivity index (χ2v) is 10.1. The van der Waals surface area contributed by atoms with Crippen LogP contribution >= 0.6 is 0 Å². The first-order chi connectivity index (χ1) is 19.4. The number of para-hydroxylation sites is 1. The zero-order valence-electron chi connectivity index (χ0n) is 22.9. The Morgan fingerprint density at radius 3 is 2.60 bits per heavy atom. The number of ether oxygens (including phenoxy) is 3. The zero-order valence-corrected chi connectivity index (χ0v) is 22.9. The maximum Gasteiger partial charge on any atom is 0.247 e. The molecule has 1 N–H and O–H groups in total. The Morgan fingerprint density at radius 1 is 1.05 bits per heavy atom. The molecule has 5 rings (SSSR count). The molecular formula is C30H33N5O5. The number of benzene rings is 3. The van der Waals surface area contributed by atoms with Gasteiger partial charge >= 0.3 is 0 Å². The second kappa shape index (κ2) is 12.1. The van der Waals surface area contributed by atoms with Gasteiger partial charge in [-0.3, -0.25) is 9.59 Å². The third-order valence-corrected chi connectivity index (χ3v) is 6.83. The monoisotopic (exact) mass is 543 g/mol. The van der Waals surface area contributed by atoms with E-state index in [0.717, 1.165) is 17.5 Å². The van der Waals surface area contributed by atoms with E-state index >= 15 is 0 Å². The normalized spacial score (nSPS) is 12.9. The summed E-state index contributed by atoms with van der Waals surface area (Å²) in [6.45, 7) is 4.93. The van der Waals surface area contributed by atoms with Gasteiger partial charge in [-0.1, -0.05) is 49.4 Å². The zero-order chi connectivity index (χ0) is 28.1. The van der Waals surface area contributed by atoms with Crippen molar-refractivity contribution in [3.8, 4) is 17.2 Å². The highest BCUT2D eigenvalue weighted by atomic mass is 16.7. The summed E-state index contributed by atoms with van der Waals surface area (Å²) in [7, 11) is 1.59. The first-order valence-electron chi connectivity index (χ1n) is 13.3. The van der Waals surface area contributed by atoms with Crippen molar-refractivity contribution in [2.45, 2.75) is 39.4 Å². The van der Waals surface area contributed by atoms with E-state index in [1.807, 2.05) is 54.6 Å². The van der Waals surface area contributed by atoms with E-state index < -0.39 is 6.04 Å². The number of hydrogen-bond donors (Lipinski definition) is 1. The first kappa shape index (κ1) is 27.0. The fourth-order valence-corrected chi connectivity index (χ4v) is 4.65. The van der Waals surface area contributed by atoms with Crippen molar-refractivity contribution in [2.24, 2.45) is 5.92 Å². The minimum Gasteiger partial charge on any atom is -0.497 e. The number of fused-ring (bicyclic) bond motifs is 2. The fraction of sp³-hybridized carbons (Fsp3) is 0.333. The number of hydrogen-bond acceptors (Lipinski definition) is 7. The summed E-state index contributed by atoms with van der Waals surface area (Å²) in [4.78, 5) is 29.5. The lowest BCUT2D eigenvalue weighted by molar-refractivity contribution is -0.142. The van der Waals surface area contributed by atoms with Crippen LogP contribution in [0, 0.1) is 5.92 Å². The largest absolute Gasteiger partial charge is 0.497 e. The molecule has 1 aliphatic heterocycles. The summed E-state index contributed by atoms with van der Waals surface area (Å²) >= 11 is 0. The van der Waals surface area contributed by atoms with E-state index in [-0.39, 0.29) is 31.7 Å². The lowest BCUT2D eigenvalue weighted by atomic mass is 10.0. The van der Waals surface area contributed by atoms with Gasteiger partial charge in [0.05, 0.1) is 12.6 Å². The standard InChI is InChI=1S/C30H33N5O5/c1-20(2)14-15-31-30(37)29(22-9-11-23(38-3)12-10-22)34(17-21-8-13-26-27(16-21)40-19-39-26)28(36)18-35-25-7-5-4-6-24(25)32-33-35/h4-13,16,20,29H,14-15,17-19H2,1-3H3,(H,31,37)/t29-/m1/s1. The van der Waals surface area contributed by atoms with E-state index in [4.69, 9.17) is 14.2 Å². The van der Waals surface area contributed by atoms with Crippen LogP contribution in [0.2, 0.25) is 0 Å². The molecule has 40 heavy (non-hydrogen) atoms. The molecule has 10 nitrogen and oxygen atoms in total. The number of aromatic nitrogens is 3. The van der Waals surface area contributed by atoms with E-state index in [1.54, 1.807) is 28.8 Å². The van der Waals surface area contributed by atoms with Gasteiger partial charge in [0.25, 0.3) is 0 Å². The van der Waals surface area contributed by atoms with E-state index in [0.29, 0.717) is 40.8 Å². The summed E-state index contributed by atoms with van der Waals surface area (Å²) in [5.41, 5.74) is 2.90. The number of carbonyl (C=O) groups excluding carboxylic acids is 2. The van der Waals surface area contributed by atoms with Crippen LogP contribution in [0.4, 0.5) is 0 Å². The number of carbonyl (C=O) groups is 2. The van der Waals surface area contributed by atoms with Crippen molar-refractivity contribution in [1.82, 2.24) is 25.2 Å². The molecule has 208 valence electrons. The molecule has 0 saturated carbocycles. The van der Waals surface area contributed by atoms with Gasteiger partial charge in [0.15, 0.2) is 11.5 Å². The predicted octanol–water partition coefficient (Wildman–Crippen LogP) is 4.10. The Bertz CT molecular complexity index is 1480.